The highest BCUT2D eigenvalue weighted by Crippen LogP contribution is 2.37. The Hall–Kier alpha value is -2.70. The molecule has 1 aliphatic carbocycles. The summed E-state index contributed by atoms with van der Waals surface area (Å²) < 4.78 is 21.5. The van der Waals surface area contributed by atoms with Crippen LogP contribution in [0, 0.1) is 5.82 Å². The second-order valence-electron chi connectivity index (χ2n) is 7.69. The number of aryl methyl sites for hydroxylation is 1. The standard InChI is InChI=1S/C23H26FN3O2/c1-16(28)14-27(19-11-12-19)15-21-22(17-7-4-3-5-8-17)25-26(2)23(21)29-20-10-6-9-18(24)13-20/h3-10,13,16,19,28H,11-12,14-15H2,1-2H3. The van der Waals surface area contributed by atoms with Crippen LogP contribution < -0.4 is 4.74 Å². The maximum Gasteiger partial charge on any atom is 0.222 e. The molecule has 1 fully saturated rings. The third-order valence-electron chi connectivity index (χ3n) is 5.07. The summed E-state index contributed by atoms with van der Waals surface area (Å²) in [6.07, 6.45) is 1.85. The summed E-state index contributed by atoms with van der Waals surface area (Å²) in [7, 11) is 1.83. The SMILES string of the molecule is CC(O)CN(Cc1c(-c2ccccc2)nn(C)c1Oc1cccc(F)c1)C1CC1. The summed E-state index contributed by atoms with van der Waals surface area (Å²) in [5, 5.41) is 14.7. The van der Waals surface area contributed by atoms with Crippen molar-refractivity contribution in [2.75, 3.05) is 6.54 Å². The molecule has 2 aromatic carbocycles. The van der Waals surface area contributed by atoms with Gasteiger partial charge in [0, 0.05) is 37.8 Å². The Kier molecular flexibility index (Phi) is 5.65. The maximum atomic E-state index is 13.7. The molecule has 4 rings (SSSR count). The number of aliphatic hydroxyl groups excluding tert-OH is 1. The van der Waals surface area contributed by atoms with Crippen LogP contribution in [0.1, 0.15) is 25.3 Å². The summed E-state index contributed by atoms with van der Waals surface area (Å²) in [5.41, 5.74) is 2.78. The smallest absolute Gasteiger partial charge is 0.222 e. The average Bonchev–Trinajstić information content (AvgIpc) is 3.49. The van der Waals surface area contributed by atoms with E-state index in [2.05, 4.69) is 4.90 Å². The van der Waals surface area contributed by atoms with E-state index in [4.69, 9.17) is 9.84 Å². The lowest BCUT2D eigenvalue weighted by atomic mass is 10.1. The number of benzene rings is 2. The number of nitrogens with zero attached hydrogens (tertiary/aromatic N) is 3. The van der Waals surface area contributed by atoms with Gasteiger partial charge in [-0.05, 0) is 31.9 Å². The predicted octanol–water partition coefficient (Wildman–Crippen LogP) is 4.36. The number of hydrogen-bond donors (Lipinski definition) is 1. The summed E-state index contributed by atoms with van der Waals surface area (Å²) in [5.74, 6) is 0.677. The zero-order valence-corrected chi connectivity index (χ0v) is 16.8. The van der Waals surface area contributed by atoms with Gasteiger partial charge >= 0.3 is 0 Å². The molecule has 0 spiro atoms. The first-order valence-corrected chi connectivity index (χ1v) is 9.98. The Morgan fingerprint density at radius 1 is 1.21 bits per heavy atom. The molecule has 5 nitrogen and oxygen atoms in total. The Balaban J connectivity index is 1.74. The molecule has 0 aliphatic heterocycles. The first-order chi connectivity index (χ1) is 14.0. The number of rotatable bonds is 8. The van der Waals surface area contributed by atoms with E-state index >= 15 is 0 Å². The molecule has 29 heavy (non-hydrogen) atoms. The van der Waals surface area contributed by atoms with Gasteiger partial charge in [0.15, 0.2) is 0 Å². The fourth-order valence-electron chi connectivity index (χ4n) is 3.62. The van der Waals surface area contributed by atoms with E-state index < -0.39 is 6.10 Å². The molecule has 0 amide bonds. The van der Waals surface area contributed by atoms with Gasteiger partial charge in [-0.1, -0.05) is 36.4 Å². The molecular formula is C23H26FN3O2. The van der Waals surface area contributed by atoms with E-state index in [1.54, 1.807) is 23.7 Å². The van der Waals surface area contributed by atoms with Crippen molar-refractivity contribution in [3.05, 3.63) is 66.0 Å². The minimum atomic E-state index is -0.417. The molecule has 1 heterocycles. The molecule has 6 heteroatoms. The third kappa shape index (κ3) is 4.66. The fraction of sp³-hybridized carbons (Fsp3) is 0.348. The van der Waals surface area contributed by atoms with Gasteiger partial charge in [0.25, 0.3) is 0 Å². The van der Waals surface area contributed by atoms with E-state index in [-0.39, 0.29) is 5.82 Å². The van der Waals surface area contributed by atoms with Crippen LogP contribution in [0.3, 0.4) is 0 Å². The first kappa shape index (κ1) is 19.6. The lowest BCUT2D eigenvalue weighted by molar-refractivity contribution is 0.117. The van der Waals surface area contributed by atoms with E-state index in [0.29, 0.717) is 30.8 Å². The number of aliphatic hydroxyl groups is 1. The summed E-state index contributed by atoms with van der Waals surface area (Å²) >= 11 is 0. The highest BCUT2D eigenvalue weighted by molar-refractivity contribution is 5.65. The first-order valence-electron chi connectivity index (χ1n) is 9.98. The minimum absolute atomic E-state index is 0.344. The Morgan fingerprint density at radius 3 is 2.62 bits per heavy atom. The summed E-state index contributed by atoms with van der Waals surface area (Å²) in [4.78, 5) is 2.28. The van der Waals surface area contributed by atoms with Crippen molar-refractivity contribution in [3.63, 3.8) is 0 Å². The lowest BCUT2D eigenvalue weighted by Crippen LogP contribution is -2.32. The van der Waals surface area contributed by atoms with Crippen molar-refractivity contribution < 1.29 is 14.2 Å². The molecular weight excluding hydrogens is 369 g/mol. The highest BCUT2D eigenvalue weighted by atomic mass is 19.1. The molecule has 3 aromatic rings. The maximum absolute atomic E-state index is 13.7. The van der Waals surface area contributed by atoms with Gasteiger partial charge in [-0.3, -0.25) is 4.90 Å². The summed E-state index contributed by atoms with van der Waals surface area (Å²) in [6, 6.07) is 16.6. The minimum Gasteiger partial charge on any atom is -0.439 e. The Labute approximate surface area is 170 Å². The van der Waals surface area contributed by atoms with Crippen molar-refractivity contribution in [3.8, 4) is 22.9 Å². The fourth-order valence-corrected chi connectivity index (χ4v) is 3.62. The van der Waals surface area contributed by atoms with E-state index in [1.165, 1.54) is 12.1 Å². The van der Waals surface area contributed by atoms with Crippen molar-refractivity contribution in [1.29, 1.82) is 0 Å². The van der Waals surface area contributed by atoms with Crippen LogP contribution in [0.5, 0.6) is 11.6 Å². The zero-order valence-electron chi connectivity index (χ0n) is 16.8. The molecule has 0 radical (unpaired) electrons. The number of hydrogen-bond acceptors (Lipinski definition) is 4. The van der Waals surface area contributed by atoms with E-state index in [0.717, 1.165) is 29.7 Å². The molecule has 1 unspecified atom stereocenters. The van der Waals surface area contributed by atoms with Crippen LogP contribution in [-0.4, -0.2) is 38.5 Å². The van der Waals surface area contributed by atoms with Gasteiger partial charge in [0.05, 0.1) is 11.7 Å². The van der Waals surface area contributed by atoms with Crippen molar-refractivity contribution in [2.45, 2.75) is 38.5 Å². The Morgan fingerprint density at radius 2 is 1.97 bits per heavy atom. The van der Waals surface area contributed by atoms with Crippen molar-refractivity contribution in [1.82, 2.24) is 14.7 Å². The second-order valence-corrected chi connectivity index (χ2v) is 7.69. The second kappa shape index (κ2) is 8.35. The zero-order chi connectivity index (χ0) is 20.4. The van der Waals surface area contributed by atoms with Crippen molar-refractivity contribution in [2.24, 2.45) is 7.05 Å². The average molecular weight is 395 g/mol. The van der Waals surface area contributed by atoms with Crippen LogP contribution in [-0.2, 0) is 13.6 Å². The van der Waals surface area contributed by atoms with Gasteiger partial charge < -0.3 is 9.84 Å². The number of ether oxygens (including phenoxy) is 1. The molecule has 0 bridgehead atoms. The van der Waals surface area contributed by atoms with Gasteiger partial charge in [0.1, 0.15) is 17.3 Å². The largest absolute Gasteiger partial charge is 0.439 e. The molecule has 0 saturated heterocycles. The predicted molar refractivity (Wildman–Crippen MR) is 110 cm³/mol. The van der Waals surface area contributed by atoms with Crippen LogP contribution >= 0.6 is 0 Å². The number of aromatic nitrogens is 2. The summed E-state index contributed by atoms with van der Waals surface area (Å²) in [6.45, 7) is 3.01. The van der Waals surface area contributed by atoms with Crippen LogP contribution in [0.4, 0.5) is 4.39 Å². The topological polar surface area (TPSA) is 50.5 Å². The molecule has 1 aliphatic rings. The molecule has 1 atom stereocenters. The van der Waals surface area contributed by atoms with Gasteiger partial charge in [-0.15, -0.1) is 0 Å². The van der Waals surface area contributed by atoms with Gasteiger partial charge in [0.2, 0.25) is 5.88 Å². The van der Waals surface area contributed by atoms with Crippen molar-refractivity contribution >= 4 is 0 Å². The third-order valence-corrected chi connectivity index (χ3v) is 5.07. The molecule has 1 aromatic heterocycles. The molecule has 152 valence electrons. The number of halogens is 1. The molecule has 1 N–H and O–H groups in total. The Bertz CT molecular complexity index is 968. The van der Waals surface area contributed by atoms with E-state index in [9.17, 15) is 9.50 Å². The van der Waals surface area contributed by atoms with Gasteiger partial charge in [-0.25, -0.2) is 9.07 Å². The molecule has 1 saturated carbocycles. The van der Waals surface area contributed by atoms with Gasteiger partial charge in [-0.2, -0.15) is 5.10 Å². The van der Waals surface area contributed by atoms with E-state index in [1.807, 2.05) is 37.4 Å². The monoisotopic (exact) mass is 395 g/mol. The highest BCUT2D eigenvalue weighted by Gasteiger charge is 2.32. The van der Waals surface area contributed by atoms with Crippen LogP contribution in [0.2, 0.25) is 0 Å². The van der Waals surface area contributed by atoms with Crippen LogP contribution in [0.25, 0.3) is 11.3 Å². The quantitative estimate of drug-likeness (QED) is 0.616. The lowest BCUT2D eigenvalue weighted by Gasteiger charge is -2.24. The van der Waals surface area contributed by atoms with Crippen LogP contribution in [0.15, 0.2) is 54.6 Å². The normalized spacial score (nSPS) is 14.9.